The molecule has 0 aromatic rings. The summed E-state index contributed by atoms with van der Waals surface area (Å²) < 4.78 is 15.3. The van der Waals surface area contributed by atoms with Gasteiger partial charge in [0.1, 0.15) is 0 Å². The lowest BCUT2D eigenvalue weighted by Crippen LogP contribution is -1.86. The summed E-state index contributed by atoms with van der Waals surface area (Å²) in [4.78, 5) is 17.1. The molecule has 0 unspecified atom stereocenters. The van der Waals surface area contributed by atoms with Crippen LogP contribution in [0.1, 0.15) is 20.3 Å². The first-order chi connectivity index (χ1) is 4.98. The largest absolute Gasteiger partial charge is 0.501 e. The fourth-order valence-corrected chi connectivity index (χ4v) is 0.578. The highest BCUT2D eigenvalue weighted by Gasteiger charge is 2.15. The van der Waals surface area contributed by atoms with Crippen molar-refractivity contribution in [2.45, 2.75) is 20.3 Å². The van der Waals surface area contributed by atoms with Crippen LogP contribution in [0.5, 0.6) is 0 Å². The van der Waals surface area contributed by atoms with Gasteiger partial charge in [-0.1, -0.05) is 6.92 Å². The van der Waals surface area contributed by atoms with Crippen molar-refractivity contribution in [2.75, 3.05) is 6.61 Å². The summed E-state index contributed by atoms with van der Waals surface area (Å²) in [6.45, 7) is 3.74. The minimum Gasteiger partial charge on any atom is -0.501 e. The van der Waals surface area contributed by atoms with Gasteiger partial charge in [-0.25, -0.2) is 0 Å². The molecule has 0 radical (unpaired) electrons. The predicted molar refractivity (Wildman–Crippen MR) is 42.0 cm³/mol. The summed E-state index contributed by atoms with van der Waals surface area (Å²) in [6.07, 6.45) is 1.94. The minimum absolute atomic E-state index is 0.0362. The van der Waals surface area contributed by atoms with Gasteiger partial charge < -0.3 is 14.5 Å². The summed E-state index contributed by atoms with van der Waals surface area (Å²) in [5.74, 6) is 0. The molecule has 0 aliphatic heterocycles. The van der Waals surface area contributed by atoms with E-state index in [0.29, 0.717) is 6.61 Å². The minimum atomic E-state index is -4.06. The summed E-state index contributed by atoms with van der Waals surface area (Å²) >= 11 is 0. The van der Waals surface area contributed by atoms with Gasteiger partial charge in [-0.15, -0.1) is 0 Å². The third-order valence-corrected chi connectivity index (χ3v) is 2.06. The molecule has 2 N–H and O–H groups in total. The molecule has 66 valence electrons. The number of hydrogen-bond donors (Lipinski definition) is 2. The Bertz CT molecular complexity index is 181. The van der Waals surface area contributed by atoms with Crippen LogP contribution in [0.25, 0.3) is 0 Å². The van der Waals surface area contributed by atoms with Crippen molar-refractivity contribution in [3.05, 3.63) is 11.6 Å². The van der Waals surface area contributed by atoms with Crippen molar-refractivity contribution in [2.24, 2.45) is 0 Å². The van der Waals surface area contributed by atoms with Crippen LogP contribution in [0.15, 0.2) is 11.6 Å². The molecule has 0 amide bonds. The van der Waals surface area contributed by atoms with E-state index in [0.717, 1.165) is 12.7 Å². The second kappa shape index (κ2) is 4.54. The SMILES string of the molecule is CCCOC=C(C)P(=O)(O)O. The molecule has 0 saturated carbocycles. The standard InChI is InChI=1S/C6H13O4P/c1-3-4-10-5-6(2)11(7,8)9/h5H,3-4H2,1-2H3,(H2,7,8,9). The van der Waals surface area contributed by atoms with Gasteiger partial charge in [0, 0.05) is 0 Å². The summed E-state index contributed by atoms with van der Waals surface area (Å²) in [6, 6.07) is 0. The molecule has 0 aliphatic carbocycles. The number of hydrogen-bond acceptors (Lipinski definition) is 2. The smallest absolute Gasteiger partial charge is 0.355 e. The lowest BCUT2D eigenvalue weighted by Gasteiger charge is -2.03. The van der Waals surface area contributed by atoms with Crippen molar-refractivity contribution < 1.29 is 19.1 Å². The number of ether oxygens (including phenoxy) is 1. The summed E-state index contributed by atoms with van der Waals surface area (Å²) in [5, 5.41) is -0.0362. The lowest BCUT2D eigenvalue weighted by atomic mass is 10.5. The molecule has 11 heavy (non-hydrogen) atoms. The van der Waals surface area contributed by atoms with Crippen molar-refractivity contribution >= 4 is 7.60 Å². The fourth-order valence-electron chi connectivity index (χ4n) is 0.366. The zero-order valence-electron chi connectivity index (χ0n) is 6.65. The van der Waals surface area contributed by atoms with E-state index in [4.69, 9.17) is 14.5 Å². The third-order valence-electron chi connectivity index (χ3n) is 1.04. The predicted octanol–water partition coefficient (Wildman–Crippen LogP) is 1.45. The van der Waals surface area contributed by atoms with Crippen LogP contribution < -0.4 is 0 Å². The van der Waals surface area contributed by atoms with Gasteiger partial charge in [0.05, 0.1) is 18.2 Å². The first kappa shape index (κ1) is 10.7. The zero-order valence-corrected chi connectivity index (χ0v) is 7.54. The molecule has 0 spiro atoms. The van der Waals surface area contributed by atoms with Crippen LogP contribution >= 0.6 is 7.60 Å². The molecule has 0 aliphatic rings. The average Bonchev–Trinajstić information content (AvgIpc) is 1.86. The maximum Gasteiger partial charge on any atom is 0.355 e. The number of rotatable bonds is 4. The van der Waals surface area contributed by atoms with E-state index < -0.39 is 7.60 Å². The van der Waals surface area contributed by atoms with Gasteiger partial charge in [0.25, 0.3) is 0 Å². The average molecular weight is 180 g/mol. The molecular formula is C6H13O4P. The van der Waals surface area contributed by atoms with E-state index in [1.54, 1.807) is 0 Å². The molecule has 0 aromatic heterocycles. The Balaban J connectivity index is 3.92. The van der Waals surface area contributed by atoms with Crippen LogP contribution in [0.4, 0.5) is 0 Å². The molecule has 0 saturated heterocycles. The second-order valence-electron chi connectivity index (χ2n) is 2.17. The summed E-state index contributed by atoms with van der Waals surface area (Å²) in [7, 11) is -4.06. The highest BCUT2D eigenvalue weighted by Crippen LogP contribution is 2.44. The first-order valence-corrected chi connectivity index (χ1v) is 4.94. The van der Waals surface area contributed by atoms with Crippen LogP contribution in [0.3, 0.4) is 0 Å². The third kappa shape index (κ3) is 5.01. The van der Waals surface area contributed by atoms with E-state index in [2.05, 4.69) is 0 Å². The maximum atomic E-state index is 10.5. The Morgan fingerprint density at radius 2 is 2.18 bits per heavy atom. The quantitative estimate of drug-likeness (QED) is 0.390. The molecule has 0 atom stereocenters. The molecule has 0 bridgehead atoms. The Hall–Kier alpha value is -0.310. The molecular weight excluding hydrogens is 167 g/mol. The van der Waals surface area contributed by atoms with Gasteiger partial charge in [0.2, 0.25) is 0 Å². The topological polar surface area (TPSA) is 66.8 Å². The Morgan fingerprint density at radius 3 is 2.55 bits per heavy atom. The Labute approximate surface area is 66.0 Å². The van der Waals surface area contributed by atoms with Crippen LogP contribution in [-0.4, -0.2) is 16.4 Å². The summed E-state index contributed by atoms with van der Waals surface area (Å²) in [5.41, 5.74) is 0. The van der Waals surface area contributed by atoms with E-state index in [1.165, 1.54) is 6.92 Å². The second-order valence-corrected chi connectivity index (χ2v) is 3.97. The van der Waals surface area contributed by atoms with E-state index in [1.807, 2.05) is 6.92 Å². The monoisotopic (exact) mass is 180 g/mol. The zero-order chi connectivity index (χ0) is 8.91. The van der Waals surface area contributed by atoms with Gasteiger partial charge in [-0.2, -0.15) is 0 Å². The molecule has 5 heteroatoms. The van der Waals surface area contributed by atoms with Crippen LogP contribution in [0.2, 0.25) is 0 Å². The van der Waals surface area contributed by atoms with Gasteiger partial charge in [-0.3, -0.25) is 4.57 Å². The van der Waals surface area contributed by atoms with E-state index in [9.17, 15) is 4.57 Å². The van der Waals surface area contributed by atoms with Crippen LogP contribution in [0, 0.1) is 0 Å². The van der Waals surface area contributed by atoms with Crippen molar-refractivity contribution in [1.29, 1.82) is 0 Å². The fraction of sp³-hybridized carbons (Fsp3) is 0.667. The molecule has 0 fully saturated rings. The Kier molecular flexibility index (Phi) is 4.42. The number of allylic oxidation sites excluding steroid dienone is 1. The van der Waals surface area contributed by atoms with Gasteiger partial charge in [-0.05, 0) is 13.3 Å². The lowest BCUT2D eigenvalue weighted by molar-refractivity contribution is 0.247. The molecule has 0 aromatic carbocycles. The van der Waals surface area contributed by atoms with Gasteiger partial charge in [0.15, 0.2) is 0 Å². The highest BCUT2D eigenvalue weighted by molar-refractivity contribution is 7.56. The van der Waals surface area contributed by atoms with Crippen molar-refractivity contribution in [3.8, 4) is 0 Å². The van der Waals surface area contributed by atoms with Crippen molar-refractivity contribution in [1.82, 2.24) is 0 Å². The molecule has 4 nitrogen and oxygen atoms in total. The van der Waals surface area contributed by atoms with Gasteiger partial charge >= 0.3 is 7.60 Å². The van der Waals surface area contributed by atoms with Crippen molar-refractivity contribution in [3.63, 3.8) is 0 Å². The normalized spacial score (nSPS) is 13.3. The Morgan fingerprint density at radius 1 is 1.64 bits per heavy atom. The maximum absolute atomic E-state index is 10.5. The van der Waals surface area contributed by atoms with E-state index >= 15 is 0 Å². The molecule has 0 rings (SSSR count). The van der Waals surface area contributed by atoms with Crippen LogP contribution in [-0.2, 0) is 9.30 Å². The first-order valence-electron chi connectivity index (χ1n) is 3.33. The highest BCUT2D eigenvalue weighted by atomic mass is 31.2. The van der Waals surface area contributed by atoms with E-state index in [-0.39, 0.29) is 5.31 Å². The molecule has 0 heterocycles.